The predicted octanol–water partition coefficient (Wildman–Crippen LogP) is 1.13. The van der Waals surface area contributed by atoms with Crippen molar-refractivity contribution < 1.29 is 14.7 Å². The van der Waals surface area contributed by atoms with Crippen molar-refractivity contribution in [1.82, 2.24) is 15.5 Å². The third-order valence-corrected chi connectivity index (χ3v) is 2.92. The van der Waals surface area contributed by atoms with Crippen LogP contribution < -0.4 is 10.6 Å². The van der Waals surface area contributed by atoms with Gasteiger partial charge in [0.1, 0.15) is 6.04 Å². The van der Waals surface area contributed by atoms with E-state index in [1.54, 1.807) is 0 Å². The predicted molar refractivity (Wildman–Crippen MR) is 75.2 cm³/mol. The van der Waals surface area contributed by atoms with Gasteiger partial charge in [-0.3, -0.25) is 0 Å². The average molecular weight is 273 g/mol. The minimum absolute atomic E-state index is 0.220. The smallest absolute Gasteiger partial charge is 0.326 e. The number of nitrogens with one attached hydrogen (secondary N) is 2. The summed E-state index contributed by atoms with van der Waals surface area (Å²) >= 11 is 0. The molecule has 19 heavy (non-hydrogen) atoms. The second kappa shape index (κ2) is 9.61. The number of carbonyl (C=O) groups excluding carboxylic acids is 1. The third-order valence-electron chi connectivity index (χ3n) is 2.92. The maximum atomic E-state index is 11.6. The summed E-state index contributed by atoms with van der Waals surface area (Å²) < 4.78 is 0. The Morgan fingerprint density at radius 2 is 1.79 bits per heavy atom. The minimum Gasteiger partial charge on any atom is -0.480 e. The summed E-state index contributed by atoms with van der Waals surface area (Å²) in [5.74, 6) is -0.773. The van der Waals surface area contributed by atoms with E-state index in [9.17, 15) is 9.59 Å². The minimum atomic E-state index is -0.993. The van der Waals surface area contributed by atoms with Crippen LogP contribution in [-0.4, -0.2) is 54.2 Å². The van der Waals surface area contributed by atoms with Gasteiger partial charge in [-0.05, 0) is 25.4 Å². The molecule has 0 bridgehead atoms. The highest BCUT2D eigenvalue weighted by Crippen LogP contribution is 2.04. The van der Waals surface area contributed by atoms with Gasteiger partial charge in [0, 0.05) is 13.1 Å². The number of amides is 2. The van der Waals surface area contributed by atoms with E-state index < -0.39 is 18.0 Å². The number of carboxylic acids is 1. The lowest BCUT2D eigenvalue weighted by Gasteiger charge is -2.20. The Morgan fingerprint density at radius 1 is 1.21 bits per heavy atom. The van der Waals surface area contributed by atoms with Gasteiger partial charge in [0.15, 0.2) is 0 Å². The number of urea groups is 1. The summed E-state index contributed by atoms with van der Waals surface area (Å²) in [5, 5.41) is 14.2. The highest BCUT2D eigenvalue weighted by Gasteiger charge is 2.20. The fraction of sp³-hybridized carbons (Fsp3) is 0.846. The maximum absolute atomic E-state index is 11.6. The SMILES string of the molecule is CCN(CC)CCNC(=O)NC(CC(C)C)C(=O)O. The highest BCUT2D eigenvalue weighted by atomic mass is 16.4. The Balaban J connectivity index is 4.03. The number of likely N-dealkylation sites (N-methyl/N-ethyl adjacent to an activating group) is 1. The quantitative estimate of drug-likeness (QED) is 0.588. The molecule has 0 radical (unpaired) electrons. The summed E-state index contributed by atoms with van der Waals surface area (Å²) in [6.07, 6.45) is 0.429. The van der Waals surface area contributed by atoms with Crippen LogP contribution >= 0.6 is 0 Å². The molecule has 2 amide bonds. The summed E-state index contributed by atoms with van der Waals surface area (Å²) in [6, 6.07) is -1.24. The van der Waals surface area contributed by atoms with E-state index in [1.807, 2.05) is 13.8 Å². The van der Waals surface area contributed by atoms with Crippen LogP contribution in [0.25, 0.3) is 0 Å². The lowest BCUT2D eigenvalue weighted by molar-refractivity contribution is -0.139. The van der Waals surface area contributed by atoms with E-state index in [-0.39, 0.29) is 5.92 Å². The summed E-state index contributed by atoms with van der Waals surface area (Å²) in [7, 11) is 0. The zero-order chi connectivity index (χ0) is 14.8. The molecule has 0 aliphatic rings. The zero-order valence-electron chi connectivity index (χ0n) is 12.4. The molecule has 0 saturated carbocycles. The van der Waals surface area contributed by atoms with Crippen molar-refractivity contribution in [3.63, 3.8) is 0 Å². The average Bonchev–Trinajstić information content (AvgIpc) is 2.33. The first-order valence-corrected chi connectivity index (χ1v) is 6.90. The van der Waals surface area contributed by atoms with E-state index in [0.29, 0.717) is 13.0 Å². The molecule has 0 aliphatic heterocycles. The molecule has 6 nitrogen and oxygen atoms in total. The number of carboxylic acid groups (broad SMARTS) is 1. The number of hydrogen-bond donors (Lipinski definition) is 3. The topological polar surface area (TPSA) is 81.7 Å². The van der Waals surface area contributed by atoms with Gasteiger partial charge < -0.3 is 20.6 Å². The van der Waals surface area contributed by atoms with Crippen molar-refractivity contribution in [2.24, 2.45) is 5.92 Å². The van der Waals surface area contributed by atoms with Crippen LogP contribution in [0, 0.1) is 5.92 Å². The van der Waals surface area contributed by atoms with Gasteiger partial charge in [-0.2, -0.15) is 0 Å². The van der Waals surface area contributed by atoms with Crippen LogP contribution in [-0.2, 0) is 4.79 Å². The number of carbonyl (C=O) groups is 2. The Morgan fingerprint density at radius 3 is 2.21 bits per heavy atom. The molecule has 0 aromatic heterocycles. The van der Waals surface area contributed by atoms with Crippen LogP contribution in [0.1, 0.15) is 34.1 Å². The van der Waals surface area contributed by atoms with Crippen LogP contribution in [0.15, 0.2) is 0 Å². The lowest BCUT2D eigenvalue weighted by atomic mass is 10.0. The Hall–Kier alpha value is -1.30. The van der Waals surface area contributed by atoms with Crippen molar-refractivity contribution in [1.29, 1.82) is 0 Å². The fourth-order valence-electron chi connectivity index (χ4n) is 1.77. The van der Waals surface area contributed by atoms with E-state index in [2.05, 4.69) is 29.4 Å². The van der Waals surface area contributed by atoms with Crippen molar-refractivity contribution in [3.8, 4) is 0 Å². The van der Waals surface area contributed by atoms with Gasteiger partial charge >= 0.3 is 12.0 Å². The van der Waals surface area contributed by atoms with E-state index in [0.717, 1.165) is 19.6 Å². The molecule has 0 aliphatic carbocycles. The second-order valence-corrected chi connectivity index (χ2v) is 4.95. The van der Waals surface area contributed by atoms with Gasteiger partial charge in [-0.25, -0.2) is 9.59 Å². The molecule has 112 valence electrons. The molecule has 0 heterocycles. The summed E-state index contributed by atoms with van der Waals surface area (Å²) in [5.41, 5.74) is 0. The van der Waals surface area contributed by atoms with Gasteiger partial charge in [0.25, 0.3) is 0 Å². The molecule has 6 heteroatoms. The largest absolute Gasteiger partial charge is 0.480 e. The zero-order valence-corrected chi connectivity index (χ0v) is 12.4. The van der Waals surface area contributed by atoms with Crippen LogP contribution in [0.2, 0.25) is 0 Å². The first-order valence-electron chi connectivity index (χ1n) is 6.90. The second-order valence-electron chi connectivity index (χ2n) is 4.95. The van der Waals surface area contributed by atoms with E-state index in [1.165, 1.54) is 0 Å². The lowest BCUT2D eigenvalue weighted by Crippen LogP contribution is -2.48. The monoisotopic (exact) mass is 273 g/mol. The molecule has 1 unspecified atom stereocenters. The van der Waals surface area contributed by atoms with Crippen LogP contribution in [0.3, 0.4) is 0 Å². The molecular weight excluding hydrogens is 246 g/mol. The molecule has 0 saturated heterocycles. The Labute approximate surface area is 115 Å². The third kappa shape index (κ3) is 8.42. The van der Waals surface area contributed by atoms with Crippen molar-refractivity contribution in [2.75, 3.05) is 26.2 Å². The van der Waals surface area contributed by atoms with Crippen LogP contribution in [0.4, 0.5) is 4.79 Å². The number of rotatable bonds is 9. The van der Waals surface area contributed by atoms with Gasteiger partial charge in [0.2, 0.25) is 0 Å². The molecule has 3 N–H and O–H groups in total. The summed E-state index contributed by atoms with van der Waals surface area (Å²) in [4.78, 5) is 24.8. The van der Waals surface area contributed by atoms with Crippen molar-refractivity contribution in [2.45, 2.75) is 40.2 Å². The Bertz CT molecular complexity index is 278. The number of hydrogen-bond acceptors (Lipinski definition) is 3. The molecule has 0 spiro atoms. The molecule has 0 aromatic rings. The maximum Gasteiger partial charge on any atom is 0.326 e. The van der Waals surface area contributed by atoms with Gasteiger partial charge in [0.05, 0.1) is 0 Å². The van der Waals surface area contributed by atoms with Crippen molar-refractivity contribution in [3.05, 3.63) is 0 Å². The highest BCUT2D eigenvalue weighted by molar-refractivity contribution is 5.82. The number of aliphatic carboxylic acids is 1. The molecule has 0 fully saturated rings. The van der Waals surface area contributed by atoms with Crippen molar-refractivity contribution >= 4 is 12.0 Å². The van der Waals surface area contributed by atoms with Gasteiger partial charge in [-0.15, -0.1) is 0 Å². The van der Waals surface area contributed by atoms with E-state index in [4.69, 9.17) is 5.11 Å². The fourth-order valence-corrected chi connectivity index (χ4v) is 1.77. The number of nitrogens with zero attached hydrogens (tertiary/aromatic N) is 1. The molecule has 0 rings (SSSR count). The van der Waals surface area contributed by atoms with E-state index >= 15 is 0 Å². The first-order chi connectivity index (χ1) is 8.90. The molecule has 0 aromatic carbocycles. The normalized spacial score (nSPS) is 12.5. The Kier molecular flexibility index (Phi) is 8.95. The summed E-state index contributed by atoms with van der Waals surface area (Å²) in [6.45, 7) is 11.1. The standard InChI is InChI=1S/C13H27N3O3/c1-5-16(6-2)8-7-14-13(19)15-11(12(17)18)9-10(3)4/h10-11H,5-9H2,1-4H3,(H,17,18)(H2,14,15,19). The first kappa shape index (κ1) is 17.7. The molecular formula is C13H27N3O3. The molecule has 1 atom stereocenters. The van der Waals surface area contributed by atoms with Gasteiger partial charge in [-0.1, -0.05) is 27.7 Å². The van der Waals surface area contributed by atoms with Crippen LogP contribution in [0.5, 0.6) is 0 Å².